The maximum atomic E-state index is 12.8. The van der Waals surface area contributed by atoms with Crippen LogP contribution in [-0.4, -0.2) is 11.6 Å². The molecule has 0 bridgehead atoms. The number of carbonyl (C=O) groups is 1. The van der Waals surface area contributed by atoms with Gasteiger partial charge in [-0.1, -0.05) is 65.2 Å². The van der Waals surface area contributed by atoms with Gasteiger partial charge in [-0.25, -0.2) is 5.01 Å². The van der Waals surface area contributed by atoms with E-state index in [1.165, 1.54) is 6.92 Å². The summed E-state index contributed by atoms with van der Waals surface area (Å²) in [5, 5.41) is 7.96. The number of ketones is 1. The van der Waals surface area contributed by atoms with Crippen molar-refractivity contribution >= 4 is 46.2 Å². The lowest BCUT2D eigenvalue weighted by Gasteiger charge is -2.32. The second-order valence-corrected chi connectivity index (χ2v) is 9.74. The van der Waals surface area contributed by atoms with Crippen LogP contribution < -0.4 is 14.6 Å². The van der Waals surface area contributed by atoms with Gasteiger partial charge < -0.3 is 4.74 Å². The zero-order valence-electron chi connectivity index (χ0n) is 20.4. The normalized spacial score (nSPS) is 15.0. The van der Waals surface area contributed by atoms with E-state index in [0.29, 0.717) is 22.5 Å². The lowest BCUT2D eigenvalue weighted by atomic mass is 10.1. The molecule has 0 spiro atoms. The lowest BCUT2D eigenvalue weighted by molar-refractivity contribution is -0.111. The van der Waals surface area contributed by atoms with E-state index in [9.17, 15) is 4.79 Å². The zero-order chi connectivity index (χ0) is 25.9. The van der Waals surface area contributed by atoms with Crippen molar-refractivity contribution < 1.29 is 9.53 Å². The molecular formula is C30H25Cl2N3O2. The van der Waals surface area contributed by atoms with Gasteiger partial charge in [0.1, 0.15) is 12.4 Å². The number of hydrogen-bond acceptors (Lipinski definition) is 5. The van der Waals surface area contributed by atoms with Crippen molar-refractivity contribution in [2.45, 2.75) is 26.6 Å². The maximum absolute atomic E-state index is 12.8. The van der Waals surface area contributed by atoms with E-state index in [1.807, 2.05) is 114 Å². The fourth-order valence-corrected chi connectivity index (χ4v) is 4.46. The van der Waals surface area contributed by atoms with Gasteiger partial charge in [-0.15, -0.1) is 5.10 Å². The molecule has 0 aliphatic carbocycles. The van der Waals surface area contributed by atoms with Gasteiger partial charge in [0.2, 0.25) is 0 Å². The number of halogens is 2. The van der Waals surface area contributed by atoms with Crippen LogP contribution in [0.5, 0.6) is 5.75 Å². The molecule has 1 unspecified atom stereocenters. The van der Waals surface area contributed by atoms with E-state index >= 15 is 0 Å². The monoisotopic (exact) mass is 529 g/mol. The van der Waals surface area contributed by atoms with Gasteiger partial charge in [-0.2, -0.15) is 0 Å². The summed E-state index contributed by atoms with van der Waals surface area (Å²) in [7, 11) is 0. The molecule has 5 nitrogen and oxygen atoms in total. The predicted molar refractivity (Wildman–Crippen MR) is 151 cm³/mol. The standard InChI is InChI=1S/C30H25Cl2N3O2/c1-20-3-13-26(14-4-20)34-29(21(2)36)33-35(27-15-11-25(32)12-16-27)30(34)23-7-17-28(18-8-23)37-19-22-5-9-24(31)10-6-22/h3-18,30H,19H2,1-2H3. The van der Waals surface area contributed by atoms with Crippen LogP contribution in [0.3, 0.4) is 0 Å². The second-order valence-electron chi connectivity index (χ2n) is 8.86. The van der Waals surface area contributed by atoms with E-state index in [2.05, 4.69) is 0 Å². The number of hydrogen-bond donors (Lipinski definition) is 0. The van der Waals surface area contributed by atoms with Crippen molar-refractivity contribution in [3.63, 3.8) is 0 Å². The first-order valence-corrected chi connectivity index (χ1v) is 12.6. The average Bonchev–Trinajstić information content (AvgIpc) is 3.30. The summed E-state index contributed by atoms with van der Waals surface area (Å²) in [6.45, 7) is 4.01. The molecule has 1 aliphatic heterocycles. The van der Waals surface area contributed by atoms with Gasteiger partial charge in [0.05, 0.1) is 5.69 Å². The van der Waals surface area contributed by atoms with Crippen LogP contribution >= 0.6 is 23.2 Å². The van der Waals surface area contributed by atoms with Crippen molar-refractivity contribution in [2.24, 2.45) is 5.10 Å². The highest BCUT2D eigenvalue weighted by atomic mass is 35.5. The van der Waals surface area contributed by atoms with Crippen LogP contribution in [-0.2, 0) is 11.4 Å². The Morgan fingerprint density at radius 3 is 1.97 bits per heavy atom. The largest absolute Gasteiger partial charge is 0.489 e. The summed E-state index contributed by atoms with van der Waals surface area (Å²) in [6, 6.07) is 31.0. The first-order valence-electron chi connectivity index (χ1n) is 11.9. The number of anilines is 2. The summed E-state index contributed by atoms with van der Waals surface area (Å²) in [5.41, 5.74) is 4.82. The van der Waals surface area contributed by atoms with Crippen LogP contribution in [0, 0.1) is 6.92 Å². The molecule has 4 aromatic carbocycles. The van der Waals surface area contributed by atoms with Crippen molar-refractivity contribution in [2.75, 3.05) is 9.91 Å². The molecule has 7 heteroatoms. The molecule has 0 aromatic heterocycles. The molecule has 5 rings (SSSR count). The van der Waals surface area contributed by atoms with E-state index in [4.69, 9.17) is 33.0 Å². The Hall–Kier alpha value is -3.80. The molecular weight excluding hydrogens is 505 g/mol. The Kier molecular flexibility index (Phi) is 7.17. The number of carbonyl (C=O) groups excluding carboxylic acids is 1. The van der Waals surface area contributed by atoms with Crippen molar-refractivity contribution in [1.29, 1.82) is 0 Å². The highest BCUT2D eigenvalue weighted by Crippen LogP contribution is 2.39. The second kappa shape index (κ2) is 10.7. The molecule has 1 heterocycles. The summed E-state index contributed by atoms with van der Waals surface area (Å²) in [5.74, 6) is 0.987. The Labute approximate surface area is 226 Å². The molecule has 1 aliphatic rings. The van der Waals surface area contributed by atoms with Gasteiger partial charge in [0.15, 0.2) is 17.8 Å². The fourth-order valence-electron chi connectivity index (χ4n) is 4.21. The van der Waals surface area contributed by atoms with Crippen LogP contribution in [0.1, 0.15) is 29.8 Å². The van der Waals surface area contributed by atoms with Crippen molar-refractivity contribution in [1.82, 2.24) is 0 Å². The number of Topliss-reactive ketones (excluding diaryl/α,β-unsaturated/α-hetero) is 1. The molecule has 0 saturated carbocycles. The number of benzene rings is 4. The van der Waals surface area contributed by atoms with E-state index in [0.717, 1.165) is 33.8 Å². The van der Waals surface area contributed by atoms with Crippen molar-refractivity contribution in [3.8, 4) is 5.75 Å². The fraction of sp³-hybridized carbons (Fsp3) is 0.133. The quantitative estimate of drug-likeness (QED) is 0.245. The minimum absolute atomic E-state index is 0.120. The first kappa shape index (κ1) is 24.9. The number of hydrazone groups is 1. The third-order valence-corrected chi connectivity index (χ3v) is 6.63. The summed E-state index contributed by atoms with van der Waals surface area (Å²) in [4.78, 5) is 14.7. The summed E-state index contributed by atoms with van der Waals surface area (Å²) < 4.78 is 5.99. The van der Waals surface area contributed by atoms with Gasteiger partial charge in [0, 0.05) is 22.7 Å². The van der Waals surface area contributed by atoms with Crippen LogP contribution in [0.15, 0.2) is 102 Å². The third kappa shape index (κ3) is 5.48. The maximum Gasteiger partial charge on any atom is 0.198 e. The van der Waals surface area contributed by atoms with E-state index < -0.39 is 0 Å². The number of rotatable bonds is 7. The van der Waals surface area contributed by atoms with E-state index in [-0.39, 0.29) is 11.9 Å². The Morgan fingerprint density at radius 1 is 0.811 bits per heavy atom. The van der Waals surface area contributed by atoms with Crippen LogP contribution in [0.4, 0.5) is 11.4 Å². The van der Waals surface area contributed by atoms with Crippen LogP contribution in [0.2, 0.25) is 10.0 Å². The highest BCUT2D eigenvalue weighted by molar-refractivity contribution is 6.44. The molecule has 37 heavy (non-hydrogen) atoms. The Balaban J connectivity index is 1.49. The molecule has 0 fully saturated rings. The number of nitrogens with zero attached hydrogens (tertiary/aromatic N) is 3. The van der Waals surface area contributed by atoms with Gasteiger partial charge in [-0.05, 0) is 78.7 Å². The number of aryl methyl sites for hydroxylation is 1. The zero-order valence-corrected chi connectivity index (χ0v) is 21.9. The smallest absolute Gasteiger partial charge is 0.198 e. The van der Waals surface area contributed by atoms with Gasteiger partial charge in [0.25, 0.3) is 0 Å². The number of amidine groups is 1. The predicted octanol–water partition coefficient (Wildman–Crippen LogP) is 7.81. The average molecular weight is 530 g/mol. The molecule has 186 valence electrons. The van der Waals surface area contributed by atoms with Gasteiger partial charge in [-0.3, -0.25) is 9.69 Å². The Bertz CT molecular complexity index is 1420. The number of ether oxygens (including phenoxy) is 1. The molecule has 0 amide bonds. The third-order valence-electron chi connectivity index (χ3n) is 6.12. The Morgan fingerprint density at radius 2 is 1.38 bits per heavy atom. The SMILES string of the molecule is CC(=O)C1=NN(c2ccc(Cl)cc2)C(c2ccc(OCc3ccc(Cl)cc3)cc2)N1c1ccc(C)cc1. The molecule has 1 atom stereocenters. The molecule has 0 saturated heterocycles. The topological polar surface area (TPSA) is 45.1 Å². The molecule has 0 radical (unpaired) electrons. The van der Waals surface area contributed by atoms with Crippen molar-refractivity contribution in [3.05, 3.63) is 124 Å². The summed E-state index contributed by atoms with van der Waals surface area (Å²) in [6.07, 6.45) is -0.381. The van der Waals surface area contributed by atoms with Crippen LogP contribution in [0.25, 0.3) is 0 Å². The lowest BCUT2D eigenvalue weighted by Crippen LogP contribution is -2.37. The minimum atomic E-state index is -0.381. The van der Waals surface area contributed by atoms with E-state index in [1.54, 1.807) is 0 Å². The minimum Gasteiger partial charge on any atom is -0.489 e. The molecule has 4 aromatic rings. The van der Waals surface area contributed by atoms with Gasteiger partial charge >= 0.3 is 0 Å². The highest BCUT2D eigenvalue weighted by Gasteiger charge is 2.39. The summed E-state index contributed by atoms with van der Waals surface area (Å²) >= 11 is 12.1. The first-order chi connectivity index (χ1) is 17.9. The molecule has 0 N–H and O–H groups in total.